The van der Waals surface area contributed by atoms with E-state index in [9.17, 15) is 4.79 Å². The van der Waals surface area contributed by atoms with Crippen LogP contribution in [0, 0.1) is 0 Å². The van der Waals surface area contributed by atoms with Gasteiger partial charge in [-0.25, -0.2) is 0 Å². The zero-order valence-electron chi connectivity index (χ0n) is 9.13. The van der Waals surface area contributed by atoms with E-state index >= 15 is 0 Å². The molecule has 16 heavy (non-hydrogen) atoms. The minimum absolute atomic E-state index is 0.0541. The Kier molecular flexibility index (Phi) is 3.10. The van der Waals surface area contributed by atoms with Crippen molar-refractivity contribution >= 4 is 5.78 Å². The van der Waals surface area contributed by atoms with E-state index in [1.165, 1.54) is 0 Å². The van der Waals surface area contributed by atoms with Gasteiger partial charge in [0.2, 0.25) is 0 Å². The molecule has 0 N–H and O–H groups in total. The molecule has 0 unspecified atom stereocenters. The van der Waals surface area contributed by atoms with Gasteiger partial charge in [-0.1, -0.05) is 6.07 Å². The van der Waals surface area contributed by atoms with E-state index in [-0.39, 0.29) is 5.78 Å². The van der Waals surface area contributed by atoms with Gasteiger partial charge < -0.3 is 0 Å². The van der Waals surface area contributed by atoms with Crippen LogP contribution in [0.2, 0.25) is 0 Å². The number of Topliss-reactive ketones (excluding diaryl/α,β-unsaturated/α-hetero) is 1. The number of hydrogen-bond donors (Lipinski definition) is 0. The molecule has 0 radical (unpaired) electrons. The highest BCUT2D eigenvalue weighted by Crippen LogP contribution is 2.04. The number of carbonyl (C=O) groups excluding carboxylic acids is 1. The molecule has 0 aliphatic rings. The van der Waals surface area contributed by atoms with E-state index in [1.807, 2.05) is 25.1 Å². The number of aromatic nitrogens is 3. The van der Waals surface area contributed by atoms with E-state index in [4.69, 9.17) is 0 Å². The second-order valence-electron chi connectivity index (χ2n) is 3.51. The van der Waals surface area contributed by atoms with Crippen LogP contribution in [0.1, 0.15) is 23.0 Å². The Bertz CT molecular complexity index is 476. The van der Waals surface area contributed by atoms with Crippen LogP contribution in [0.5, 0.6) is 0 Å². The molecule has 4 heteroatoms. The molecular weight excluding hydrogens is 202 g/mol. The maximum absolute atomic E-state index is 11.9. The van der Waals surface area contributed by atoms with Gasteiger partial charge in [0.1, 0.15) is 0 Å². The lowest BCUT2D eigenvalue weighted by atomic mass is 10.1. The summed E-state index contributed by atoms with van der Waals surface area (Å²) >= 11 is 0. The van der Waals surface area contributed by atoms with Crippen LogP contribution < -0.4 is 0 Å². The van der Waals surface area contributed by atoms with Crippen LogP contribution in [0.25, 0.3) is 0 Å². The zero-order valence-corrected chi connectivity index (χ0v) is 9.13. The zero-order chi connectivity index (χ0) is 11.4. The van der Waals surface area contributed by atoms with Gasteiger partial charge in [-0.2, -0.15) is 5.10 Å². The van der Waals surface area contributed by atoms with Crippen LogP contribution in [-0.2, 0) is 13.0 Å². The third-order valence-corrected chi connectivity index (χ3v) is 2.35. The summed E-state index contributed by atoms with van der Waals surface area (Å²) in [4.78, 5) is 16.0. The molecule has 0 saturated heterocycles. The second kappa shape index (κ2) is 4.70. The number of carbonyl (C=O) groups is 1. The van der Waals surface area contributed by atoms with Crippen LogP contribution >= 0.6 is 0 Å². The molecule has 0 aliphatic carbocycles. The summed E-state index contributed by atoms with van der Waals surface area (Å²) in [6.45, 7) is 2.76. The van der Waals surface area contributed by atoms with Crippen LogP contribution in [0.3, 0.4) is 0 Å². The van der Waals surface area contributed by atoms with Crippen molar-refractivity contribution in [2.75, 3.05) is 0 Å². The summed E-state index contributed by atoms with van der Waals surface area (Å²) in [6.07, 6.45) is 5.40. The van der Waals surface area contributed by atoms with Gasteiger partial charge in [0.25, 0.3) is 0 Å². The fraction of sp³-hybridized carbons (Fsp3) is 0.250. The van der Waals surface area contributed by atoms with Crippen molar-refractivity contribution < 1.29 is 4.79 Å². The van der Waals surface area contributed by atoms with E-state index in [2.05, 4.69) is 10.1 Å². The van der Waals surface area contributed by atoms with Crippen molar-refractivity contribution in [1.29, 1.82) is 0 Å². The average molecular weight is 215 g/mol. The van der Waals surface area contributed by atoms with Gasteiger partial charge >= 0.3 is 0 Å². The number of nitrogens with zero attached hydrogens (tertiary/aromatic N) is 3. The largest absolute Gasteiger partial charge is 0.294 e. The van der Waals surface area contributed by atoms with Crippen LogP contribution in [-0.4, -0.2) is 20.5 Å². The summed E-state index contributed by atoms with van der Waals surface area (Å²) in [5.41, 5.74) is 1.43. The van der Waals surface area contributed by atoms with Crippen molar-refractivity contribution in [2.45, 2.75) is 19.9 Å². The molecule has 0 aliphatic heterocycles. The monoisotopic (exact) mass is 215 g/mol. The van der Waals surface area contributed by atoms with Crippen molar-refractivity contribution in [2.24, 2.45) is 0 Å². The van der Waals surface area contributed by atoms with Crippen LogP contribution in [0.4, 0.5) is 0 Å². The summed E-state index contributed by atoms with van der Waals surface area (Å²) < 4.78 is 1.74. The Morgan fingerprint density at radius 1 is 1.44 bits per heavy atom. The summed E-state index contributed by atoms with van der Waals surface area (Å²) in [7, 11) is 0. The number of pyridine rings is 1. The Balaban J connectivity index is 2.09. The molecule has 0 spiro atoms. The first-order valence-corrected chi connectivity index (χ1v) is 5.25. The Morgan fingerprint density at radius 3 is 2.94 bits per heavy atom. The predicted molar refractivity (Wildman–Crippen MR) is 60.2 cm³/mol. The number of hydrogen-bond acceptors (Lipinski definition) is 3. The predicted octanol–water partition coefficient (Wildman–Crippen LogP) is 1.72. The Morgan fingerprint density at radius 2 is 2.31 bits per heavy atom. The molecule has 0 saturated carbocycles. The quantitative estimate of drug-likeness (QED) is 0.730. The number of ketones is 1. The van der Waals surface area contributed by atoms with Crippen LogP contribution in [0.15, 0.2) is 36.8 Å². The fourth-order valence-electron chi connectivity index (χ4n) is 1.45. The van der Waals surface area contributed by atoms with Gasteiger partial charge in [0.15, 0.2) is 5.78 Å². The molecule has 0 aromatic carbocycles. The first kappa shape index (κ1) is 10.5. The molecule has 2 heterocycles. The molecule has 2 rings (SSSR count). The Hall–Kier alpha value is -1.97. The van der Waals surface area contributed by atoms with E-state index in [0.717, 1.165) is 12.2 Å². The molecule has 4 nitrogen and oxygen atoms in total. The molecule has 2 aromatic rings. The van der Waals surface area contributed by atoms with Crippen molar-refractivity contribution in [3.8, 4) is 0 Å². The molecule has 2 aromatic heterocycles. The number of aryl methyl sites for hydroxylation is 1. The van der Waals surface area contributed by atoms with Crippen molar-refractivity contribution in [1.82, 2.24) is 14.8 Å². The Labute approximate surface area is 93.9 Å². The van der Waals surface area contributed by atoms with Gasteiger partial charge in [-0.15, -0.1) is 0 Å². The van der Waals surface area contributed by atoms with Gasteiger partial charge in [0.05, 0.1) is 18.2 Å². The first-order chi connectivity index (χ1) is 7.79. The minimum Gasteiger partial charge on any atom is -0.294 e. The van der Waals surface area contributed by atoms with E-state index < -0.39 is 0 Å². The maximum atomic E-state index is 11.9. The number of rotatable bonds is 4. The van der Waals surface area contributed by atoms with E-state index in [0.29, 0.717) is 12.0 Å². The highest BCUT2D eigenvalue weighted by molar-refractivity contribution is 5.96. The lowest BCUT2D eigenvalue weighted by Gasteiger charge is -1.97. The first-order valence-electron chi connectivity index (χ1n) is 5.25. The average Bonchev–Trinajstić information content (AvgIpc) is 2.79. The molecule has 0 bridgehead atoms. The molecule has 0 atom stereocenters. The summed E-state index contributed by atoms with van der Waals surface area (Å²) in [6, 6.07) is 5.57. The normalized spacial score (nSPS) is 10.3. The third kappa shape index (κ3) is 2.34. The third-order valence-electron chi connectivity index (χ3n) is 2.35. The lowest BCUT2D eigenvalue weighted by Crippen LogP contribution is -2.03. The van der Waals surface area contributed by atoms with Crippen molar-refractivity contribution in [3.63, 3.8) is 0 Å². The van der Waals surface area contributed by atoms with Crippen molar-refractivity contribution in [3.05, 3.63) is 48.0 Å². The lowest BCUT2D eigenvalue weighted by molar-refractivity contribution is 0.0992. The standard InChI is InChI=1S/C12H13N3O/c1-2-15-9-10(8-14-15)12(16)7-11-5-3-4-6-13-11/h3-6,8-9H,2,7H2,1H3. The maximum Gasteiger partial charge on any atom is 0.171 e. The van der Waals surface area contributed by atoms with Gasteiger partial charge in [-0.3, -0.25) is 14.5 Å². The second-order valence-corrected chi connectivity index (χ2v) is 3.51. The van der Waals surface area contributed by atoms with E-state index in [1.54, 1.807) is 23.3 Å². The van der Waals surface area contributed by atoms with Gasteiger partial charge in [-0.05, 0) is 19.1 Å². The topological polar surface area (TPSA) is 47.8 Å². The van der Waals surface area contributed by atoms with Gasteiger partial charge in [0, 0.05) is 24.6 Å². The highest BCUT2D eigenvalue weighted by atomic mass is 16.1. The minimum atomic E-state index is 0.0541. The highest BCUT2D eigenvalue weighted by Gasteiger charge is 2.09. The molecule has 0 fully saturated rings. The summed E-state index contributed by atoms with van der Waals surface area (Å²) in [5.74, 6) is 0.0541. The fourth-order valence-corrected chi connectivity index (χ4v) is 1.45. The molecule has 82 valence electrons. The molecule has 0 amide bonds. The SMILES string of the molecule is CCn1cc(C(=O)Cc2ccccn2)cn1. The molecular formula is C12H13N3O. The smallest absolute Gasteiger partial charge is 0.171 e. The summed E-state index contributed by atoms with van der Waals surface area (Å²) in [5, 5.41) is 4.07.